The van der Waals surface area contributed by atoms with Crippen molar-refractivity contribution in [2.45, 2.75) is 0 Å². The maximum Gasteiger partial charge on any atom is 0.238 e. The predicted octanol–water partition coefficient (Wildman–Crippen LogP) is 1.49. The Morgan fingerprint density at radius 1 is 1.45 bits per heavy atom. The van der Waals surface area contributed by atoms with Crippen molar-refractivity contribution in [2.75, 3.05) is 38.2 Å². The molecule has 1 aliphatic rings. The monoisotopic (exact) mass is 294 g/mol. The molecule has 1 aliphatic heterocycles. The molecule has 1 aromatic heterocycles. The maximum atomic E-state index is 12.0. The number of carbonyl (C=O) groups excluding carboxylic acids is 1. The van der Waals surface area contributed by atoms with E-state index in [9.17, 15) is 4.79 Å². The summed E-state index contributed by atoms with van der Waals surface area (Å²) < 4.78 is 5.25. The predicted molar refractivity (Wildman–Crippen MR) is 77.0 cm³/mol. The van der Waals surface area contributed by atoms with Crippen LogP contribution in [0.2, 0.25) is 5.02 Å². The molecule has 0 radical (unpaired) electrons. The summed E-state index contributed by atoms with van der Waals surface area (Å²) in [5.41, 5.74) is 2.21. The van der Waals surface area contributed by atoms with Gasteiger partial charge in [-0.05, 0) is 12.1 Å². The lowest BCUT2D eigenvalue weighted by Crippen LogP contribution is -2.41. The number of hydrogen-bond acceptors (Lipinski definition) is 4. The van der Waals surface area contributed by atoms with E-state index in [4.69, 9.17) is 16.3 Å². The molecular weight excluding hydrogens is 280 g/mol. The first-order chi connectivity index (χ1) is 9.72. The van der Waals surface area contributed by atoms with Crippen LogP contribution in [0.15, 0.2) is 18.5 Å². The second-order valence-corrected chi connectivity index (χ2v) is 5.10. The SMILES string of the molecule is O=C(CN1CCOCC1)Nc1cc2nc[nH]c2cc1Cl. The second kappa shape index (κ2) is 5.78. The number of H-pyrrole nitrogens is 1. The van der Waals surface area contributed by atoms with Crippen LogP contribution >= 0.6 is 11.6 Å². The van der Waals surface area contributed by atoms with E-state index >= 15 is 0 Å². The van der Waals surface area contributed by atoms with E-state index in [1.807, 2.05) is 0 Å². The first-order valence-corrected chi connectivity index (χ1v) is 6.83. The summed E-state index contributed by atoms with van der Waals surface area (Å²) in [5, 5.41) is 3.33. The number of aromatic amines is 1. The van der Waals surface area contributed by atoms with E-state index in [1.165, 1.54) is 0 Å². The molecule has 0 aliphatic carbocycles. The molecule has 0 unspecified atom stereocenters. The third-order valence-electron chi connectivity index (χ3n) is 3.25. The molecule has 3 rings (SSSR count). The Morgan fingerprint density at radius 2 is 2.25 bits per heavy atom. The van der Waals surface area contributed by atoms with E-state index in [-0.39, 0.29) is 5.91 Å². The lowest BCUT2D eigenvalue weighted by molar-refractivity contribution is -0.118. The number of fused-ring (bicyclic) bond motifs is 1. The van der Waals surface area contributed by atoms with Gasteiger partial charge in [0.2, 0.25) is 5.91 Å². The average Bonchev–Trinajstić information content (AvgIpc) is 2.87. The number of benzene rings is 1. The van der Waals surface area contributed by atoms with Crippen molar-refractivity contribution < 1.29 is 9.53 Å². The molecule has 0 saturated carbocycles. The molecule has 106 valence electrons. The van der Waals surface area contributed by atoms with Gasteiger partial charge in [-0.2, -0.15) is 0 Å². The minimum Gasteiger partial charge on any atom is -0.379 e. The van der Waals surface area contributed by atoms with E-state index in [1.54, 1.807) is 18.5 Å². The third-order valence-corrected chi connectivity index (χ3v) is 3.57. The number of morpholine rings is 1. The first-order valence-electron chi connectivity index (χ1n) is 6.45. The second-order valence-electron chi connectivity index (χ2n) is 4.69. The average molecular weight is 295 g/mol. The van der Waals surface area contributed by atoms with Crippen LogP contribution in [0.3, 0.4) is 0 Å². The number of imidazole rings is 1. The van der Waals surface area contributed by atoms with E-state index in [0.29, 0.717) is 30.5 Å². The first kappa shape index (κ1) is 13.4. The van der Waals surface area contributed by atoms with Gasteiger partial charge in [0.25, 0.3) is 0 Å². The van der Waals surface area contributed by atoms with Crippen LogP contribution in [-0.2, 0) is 9.53 Å². The third kappa shape index (κ3) is 2.92. The number of rotatable bonds is 3. The van der Waals surface area contributed by atoms with Gasteiger partial charge >= 0.3 is 0 Å². The molecule has 2 heterocycles. The van der Waals surface area contributed by atoms with Crippen LogP contribution in [0, 0.1) is 0 Å². The fraction of sp³-hybridized carbons (Fsp3) is 0.385. The molecule has 1 amide bonds. The Hall–Kier alpha value is -1.63. The summed E-state index contributed by atoms with van der Waals surface area (Å²) in [6.45, 7) is 3.25. The number of carbonyl (C=O) groups is 1. The van der Waals surface area contributed by atoms with Crippen LogP contribution in [0.4, 0.5) is 5.69 Å². The van der Waals surface area contributed by atoms with Gasteiger partial charge in [-0.15, -0.1) is 0 Å². The quantitative estimate of drug-likeness (QED) is 0.900. The molecule has 2 aromatic rings. The van der Waals surface area contributed by atoms with Gasteiger partial charge in [-0.3, -0.25) is 9.69 Å². The molecular formula is C13H15ClN4O2. The molecule has 1 fully saturated rings. The fourth-order valence-electron chi connectivity index (χ4n) is 2.20. The Balaban J connectivity index is 1.68. The molecule has 2 N–H and O–H groups in total. The highest BCUT2D eigenvalue weighted by Gasteiger charge is 2.15. The van der Waals surface area contributed by atoms with E-state index in [2.05, 4.69) is 20.2 Å². The van der Waals surface area contributed by atoms with Crippen molar-refractivity contribution in [3.05, 3.63) is 23.5 Å². The Bertz CT molecular complexity index is 622. The van der Waals surface area contributed by atoms with Crippen molar-refractivity contribution in [1.82, 2.24) is 14.9 Å². The highest BCUT2D eigenvalue weighted by atomic mass is 35.5. The number of ether oxygens (including phenoxy) is 1. The summed E-state index contributed by atoms with van der Waals surface area (Å²) >= 11 is 6.15. The van der Waals surface area contributed by atoms with E-state index in [0.717, 1.165) is 24.1 Å². The normalized spacial score (nSPS) is 16.4. The lowest BCUT2D eigenvalue weighted by atomic mass is 10.2. The number of nitrogens with zero attached hydrogens (tertiary/aromatic N) is 2. The smallest absolute Gasteiger partial charge is 0.238 e. The minimum atomic E-state index is -0.0799. The zero-order valence-corrected chi connectivity index (χ0v) is 11.6. The largest absolute Gasteiger partial charge is 0.379 e. The Labute approximate surface area is 121 Å². The zero-order valence-electron chi connectivity index (χ0n) is 10.9. The number of halogens is 1. The van der Waals surface area contributed by atoms with Crippen LogP contribution in [0.5, 0.6) is 0 Å². The maximum absolute atomic E-state index is 12.0. The molecule has 1 aromatic carbocycles. The van der Waals surface area contributed by atoms with Gasteiger partial charge in [-0.1, -0.05) is 11.6 Å². The number of amides is 1. The lowest BCUT2D eigenvalue weighted by Gasteiger charge is -2.25. The highest BCUT2D eigenvalue weighted by molar-refractivity contribution is 6.34. The molecule has 7 heteroatoms. The number of nitrogens with one attached hydrogen (secondary N) is 2. The molecule has 0 spiro atoms. The van der Waals surface area contributed by atoms with Gasteiger partial charge in [0.15, 0.2) is 0 Å². The topological polar surface area (TPSA) is 70.2 Å². The summed E-state index contributed by atoms with van der Waals surface area (Å²) in [4.78, 5) is 21.2. The van der Waals surface area contributed by atoms with Gasteiger partial charge in [0.1, 0.15) is 0 Å². The summed E-state index contributed by atoms with van der Waals surface area (Å²) in [6.07, 6.45) is 1.60. The number of anilines is 1. The van der Waals surface area contributed by atoms with Crippen LogP contribution in [0.25, 0.3) is 11.0 Å². The van der Waals surface area contributed by atoms with Gasteiger partial charge in [-0.25, -0.2) is 4.98 Å². The molecule has 20 heavy (non-hydrogen) atoms. The number of hydrogen-bond donors (Lipinski definition) is 2. The molecule has 0 bridgehead atoms. The van der Waals surface area contributed by atoms with Gasteiger partial charge < -0.3 is 15.0 Å². The number of aromatic nitrogens is 2. The van der Waals surface area contributed by atoms with Crippen molar-refractivity contribution >= 4 is 34.2 Å². The Morgan fingerprint density at radius 3 is 3.05 bits per heavy atom. The van der Waals surface area contributed by atoms with Crippen molar-refractivity contribution in [1.29, 1.82) is 0 Å². The summed E-state index contributed by atoms with van der Waals surface area (Å²) in [7, 11) is 0. The fourth-order valence-corrected chi connectivity index (χ4v) is 2.41. The van der Waals surface area contributed by atoms with E-state index < -0.39 is 0 Å². The summed E-state index contributed by atoms with van der Waals surface area (Å²) in [6, 6.07) is 3.53. The van der Waals surface area contributed by atoms with Gasteiger partial charge in [0.05, 0.1) is 47.8 Å². The van der Waals surface area contributed by atoms with Crippen LogP contribution in [0.1, 0.15) is 0 Å². The van der Waals surface area contributed by atoms with Crippen molar-refractivity contribution in [2.24, 2.45) is 0 Å². The Kier molecular flexibility index (Phi) is 3.86. The standard InChI is InChI=1S/C13H15ClN4O2/c14-9-5-11-12(16-8-15-11)6-10(9)17-13(19)7-18-1-3-20-4-2-18/h5-6,8H,1-4,7H2,(H,15,16)(H,17,19). The van der Waals surface area contributed by atoms with Gasteiger partial charge in [0, 0.05) is 13.1 Å². The zero-order chi connectivity index (χ0) is 13.9. The molecule has 6 nitrogen and oxygen atoms in total. The van der Waals surface area contributed by atoms with Crippen LogP contribution < -0.4 is 5.32 Å². The highest BCUT2D eigenvalue weighted by Crippen LogP contribution is 2.26. The molecule has 1 saturated heterocycles. The van der Waals surface area contributed by atoms with Crippen molar-refractivity contribution in [3.63, 3.8) is 0 Å². The summed E-state index contributed by atoms with van der Waals surface area (Å²) in [5.74, 6) is -0.0799. The minimum absolute atomic E-state index is 0.0799. The van der Waals surface area contributed by atoms with Crippen molar-refractivity contribution in [3.8, 4) is 0 Å². The van der Waals surface area contributed by atoms with Crippen LogP contribution in [-0.4, -0.2) is 53.6 Å². The molecule has 0 atom stereocenters.